The van der Waals surface area contributed by atoms with Crippen LogP contribution in [0.3, 0.4) is 0 Å². The van der Waals surface area contributed by atoms with Gasteiger partial charge in [0.25, 0.3) is 0 Å². The van der Waals surface area contributed by atoms with E-state index in [0.29, 0.717) is 6.61 Å². The van der Waals surface area contributed by atoms with Crippen LogP contribution in [0.25, 0.3) is 0 Å². The molecule has 1 aliphatic rings. The Bertz CT molecular complexity index is 56.7. The summed E-state index contributed by atoms with van der Waals surface area (Å²) in [6.45, 7) is 4.03. The Hall–Kier alpha value is -0.120. The summed E-state index contributed by atoms with van der Waals surface area (Å²) in [7, 11) is 0. The Labute approximate surface area is 74.6 Å². The molecule has 12 heavy (non-hydrogen) atoms. The smallest absolute Gasteiger partial charge is 0.0823 e. The van der Waals surface area contributed by atoms with Crippen molar-refractivity contribution in [2.75, 3.05) is 19.8 Å². The van der Waals surface area contributed by atoms with Gasteiger partial charge in [0.15, 0.2) is 0 Å². The fraction of sp³-hybridized carbons (Fsp3) is 1.00. The maximum Gasteiger partial charge on any atom is 0.0823 e. The lowest BCUT2D eigenvalue weighted by molar-refractivity contribution is -0.312. The highest BCUT2D eigenvalue weighted by molar-refractivity contribution is 4.36. The van der Waals surface area contributed by atoms with Crippen molar-refractivity contribution in [3.8, 4) is 0 Å². The van der Waals surface area contributed by atoms with Crippen LogP contribution in [-0.4, -0.2) is 24.9 Å². The van der Waals surface area contributed by atoms with Crippen LogP contribution in [0.15, 0.2) is 0 Å². The zero-order valence-corrected chi connectivity index (χ0v) is 7.92. The number of aliphatic hydroxyl groups excluding tert-OH is 1. The van der Waals surface area contributed by atoms with E-state index in [1.807, 2.05) is 0 Å². The van der Waals surface area contributed by atoms with Crippen LogP contribution in [0.5, 0.6) is 0 Å². The Morgan fingerprint density at radius 1 is 1.08 bits per heavy atom. The van der Waals surface area contributed by atoms with E-state index in [9.17, 15) is 0 Å². The summed E-state index contributed by atoms with van der Waals surface area (Å²) >= 11 is 0. The molecular formula is C9H20O3. The molecule has 0 aromatic heterocycles. The van der Waals surface area contributed by atoms with Crippen molar-refractivity contribution in [1.82, 2.24) is 0 Å². The fourth-order valence-electron chi connectivity index (χ4n) is 0.802. The van der Waals surface area contributed by atoms with Crippen LogP contribution in [0, 0.1) is 0 Å². The molecule has 74 valence electrons. The molecule has 3 nitrogen and oxygen atoms in total. The number of rotatable bonds is 3. The molecule has 1 rings (SSSR count). The van der Waals surface area contributed by atoms with Crippen LogP contribution in [0.1, 0.15) is 39.0 Å². The third-order valence-electron chi connectivity index (χ3n) is 1.55. The van der Waals surface area contributed by atoms with E-state index in [4.69, 9.17) is 5.11 Å². The Morgan fingerprint density at radius 2 is 1.67 bits per heavy atom. The second-order valence-corrected chi connectivity index (χ2v) is 2.78. The van der Waals surface area contributed by atoms with E-state index in [-0.39, 0.29) is 0 Å². The second kappa shape index (κ2) is 10.9. The van der Waals surface area contributed by atoms with Crippen LogP contribution in [-0.2, 0) is 9.78 Å². The number of hydrogen-bond acceptors (Lipinski definition) is 3. The van der Waals surface area contributed by atoms with Gasteiger partial charge < -0.3 is 5.11 Å². The van der Waals surface area contributed by atoms with Gasteiger partial charge in [0.05, 0.1) is 13.2 Å². The first-order valence-corrected chi connectivity index (χ1v) is 4.77. The lowest BCUT2D eigenvalue weighted by Crippen LogP contribution is -2.05. The zero-order chi connectivity index (χ0) is 9.07. The van der Waals surface area contributed by atoms with E-state index in [0.717, 1.165) is 38.9 Å². The van der Waals surface area contributed by atoms with Gasteiger partial charge in [-0.1, -0.05) is 19.8 Å². The van der Waals surface area contributed by atoms with E-state index in [1.165, 1.54) is 6.42 Å². The van der Waals surface area contributed by atoms with E-state index >= 15 is 0 Å². The first-order valence-electron chi connectivity index (χ1n) is 4.77. The molecule has 1 aliphatic heterocycles. The van der Waals surface area contributed by atoms with Gasteiger partial charge in [-0.15, -0.1) is 0 Å². The van der Waals surface area contributed by atoms with Crippen molar-refractivity contribution in [1.29, 1.82) is 0 Å². The topological polar surface area (TPSA) is 38.7 Å². The Morgan fingerprint density at radius 3 is 1.83 bits per heavy atom. The van der Waals surface area contributed by atoms with Crippen molar-refractivity contribution in [2.45, 2.75) is 39.0 Å². The van der Waals surface area contributed by atoms with Crippen molar-refractivity contribution < 1.29 is 14.9 Å². The summed E-state index contributed by atoms with van der Waals surface area (Å²) in [5.74, 6) is 0. The Kier molecular flexibility index (Phi) is 10.8. The minimum atomic E-state index is 0.355. The summed E-state index contributed by atoms with van der Waals surface area (Å²) in [5, 5.41) is 8.20. The van der Waals surface area contributed by atoms with Gasteiger partial charge in [-0.2, -0.15) is 0 Å². The van der Waals surface area contributed by atoms with Crippen LogP contribution < -0.4 is 0 Å². The summed E-state index contributed by atoms with van der Waals surface area (Å²) in [4.78, 5) is 9.14. The molecule has 0 atom stereocenters. The molecule has 0 aliphatic carbocycles. The summed E-state index contributed by atoms with van der Waals surface area (Å²) < 4.78 is 0. The molecule has 1 fully saturated rings. The quantitative estimate of drug-likeness (QED) is 0.527. The molecule has 0 bridgehead atoms. The van der Waals surface area contributed by atoms with Gasteiger partial charge in [-0.3, -0.25) is 0 Å². The molecule has 0 saturated carbocycles. The lowest BCUT2D eigenvalue weighted by Gasteiger charge is -2.07. The van der Waals surface area contributed by atoms with Crippen molar-refractivity contribution >= 4 is 0 Å². The normalized spacial score (nSPS) is 16.5. The Balaban J connectivity index is 0.000000202. The standard InChI is InChI=1S/C5H12O.C4H8O2/c1-2-3-4-5-6;1-2-4-6-5-3-1/h6H,2-5H2,1H3;1-4H2. The first kappa shape index (κ1) is 11.9. The van der Waals surface area contributed by atoms with Gasteiger partial charge in [0, 0.05) is 6.61 Å². The van der Waals surface area contributed by atoms with E-state index in [2.05, 4.69) is 16.7 Å². The molecule has 1 N–H and O–H groups in total. The summed E-state index contributed by atoms with van der Waals surface area (Å²) in [6.07, 6.45) is 5.63. The third kappa shape index (κ3) is 9.88. The largest absolute Gasteiger partial charge is 0.396 e. The molecule has 0 radical (unpaired) electrons. The molecule has 0 amide bonds. The fourth-order valence-corrected chi connectivity index (χ4v) is 0.802. The lowest BCUT2D eigenvalue weighted by atomic mass is 10.3. The van der Waals surface area contributed by atoms with Crippen molar-refractivity contribution in [3.05, 3.63) is 0 Å². The predicted molar refractivity (Wildman–Crippen MR) is 47.7 cm³/mol. The minimum Gasteiger partial charge on any atom is -0.396 e. The number of aliphatic hydroxyl groups is 1. The van der Waals surface area contributed by atoms with E-state index < -0.39 is 0 Å². The number of hydrogen-bond donors (Lipinski definition) is 1. The van der Waals surface area contributed by atoms with Crippen molar-refractivity contribution in [3.63, 3.8) is 0 Å². The van der Waals surface area contributed by atoms with Crippen molar-refractivity contribution in [2.24, 2.45) is 0 Å². The first-order chi connectivity index (χ1) is 5.91. The molecular weight excluding hydrogens is 156 g/mol. The average Bonchev–Trinajstić information content (AvgIpc) is 2.18. The zero-order valence-electron chi connectivity index (χ0n) is 7.92. The predicted octanol–water partition coefficient (Wildman–Crippen LogP) is 1.90. The van der Waals surface area contributed by atoms with Crippen LogP contribution in [0.4, 0.5) is 0 Å². The van der Waals surface area contributed by atoms with Gasteiger partial charge in [-0.25, -0.2) is 9.78 Å². The summed E-state index contributed by atoms with van der Waals surface area (Å²) in [6, 6.07) is 0. The third-order valence-corrected chi connectivity index (χ3v) is 1.55. The SMILES string of the molecule is C1CCOOC1.CCCCCO. The monoisotopic (exact) mass is 176 g/mol. The molecule has 0 spiro atoms. The van der Waals surface area contributed by atoms with Crippen LogP contribution in [0.2, 0.25) is 0 Å². The molecule has 0 aromatic rings. The molecule has 1 heterocycles. The highest BCUT2D eigenvalue weighted by atomic mass is 17.2. The minimum absolute atomic E-state index is 0.355. The summed E-state index contributed by atoms with van der Waals surface area (Å²) in [5.41, 5.74) is 0. The molecule has 3 heteroatoms. The van der Waals surface area contributed by atoms with Gasteiger partial charge in [0.2, 0.25) is 0 Å². The van der Waals surface area contributed by atoms with Gasteiger partial charge in [0.1, 0.15) is 0 Å². The van der Waals surface area contributed by atoms with Gasteiger partial charge in [-0.05, 0) is 19.3 Å². The highest BCUT2D eigenvalue weighted by Crippen LogP contribution is 1.97. The highest BCUT2D eigenvalue weighted by Gasteiger charge is 1.95. The molecule has 0 unspecified atom stereocenters. The maximum absolute atomic E-state index is 8.20. The number of unbranched alkanes of at least 4 members (excludes halogenated alkanes) is 2. The van der Waals surface area contributed by atoms with Crippen LogP contribution >= 0.6 is 0 Å². The average molecular weight is 176 g/mol. The molecule has 0 aromatic carbocycles. The van der Waals surface area contributed by atoms with E-state index in [1.54, 1.807) is 0 Å². The van der Waals surface area contributed by atoms with Gasteiger partial charge >= 0.3 is 0 Å². The maximum atomic E-state index is 8.20. The second-order valence-electron chi connectivity index (χ2n) is 2.78. The molecule has 1 saturated heterocycles.